The second-order valence-corrected chi connectivity index (χ2v) is 9.38. The summed E-state index contributed by atoms with van der Waals surface area (Å²) in [6, 6.07) is 6.15. The molecule has 2 fully saturated rings. The fourth-order valence-electron chi connectivity index (χ4n) is 3.71. The number of halogens is 1. The van der Waals surface area contributed by atoms with Gasteiger partial charge in [-0.15, -0.1) is 0 Å². The van der Waals surface area contributed by atoms with Gasteiger partial charge >= 0.3 is 0 Å². The average Bonchev–Trinajstić information content (AvgIpc) is 2.69. The minimum Gasteiger partial charge on any atom is -0.486 e. The molecule has 0 amide bonds. The lowest BCUT2D eigenvalue weighted by atomic mass is 9.91. The molecule has 3 rings (SSSR count). The lowest BCUT2D eigenvalue weighted by molar-refractivity contribution is 0.0646. The summed E-state index contributed by atoms with van der Waals surface area (Å²) in [5, 5.41) is 0. The third-order valence-electron chi connectivity index (χ3n) is 4.36. The normalized spacial score (nSPS) is 23.4. The molecule has 122 valence electrons. The molecule has 0 radical (unpaired) electrons. The molecule has 1 aromatic carbocycles. The van der Waals surface area contributed by atoms with Crippen molar-refractivity contribution in [3.8, 4) is 5.75 Å². The highest BCUT2D eigenvalue weighted by atomic mass is 32.2. The van der Waals surface area contributed by atoms with Crippen molar-refractivity contribution in [2.24, 2.45) is 5.41 Å². The zero-order chi connectivity index (χ0) is 16.0. The van der Waals surface area contributed by atoms with Crippen LogP contribution >= 0.6 is 0 Å². The predicted molar refractivity (Wildman–Crippen MR) is 83.3 cm³/mol. The first-order valence-corrected chi connectivity index (χ1v) is 9.37. The van der Waals surface area contributed by atoms with Gasteiger partial charge in [0.05, 0.1) is 11.5 Å². The van der Waals surface area contributed by atoms with Crippen molar-refractivity contribution in [3.63, 3.8) is 0 Å². The molecule has 0 atom stereocenters. The van der Waals surface area contributed by atoms with Crippen molar-refractivity contribution in [1.29, 1.82) is 0 Å². The maximum Gasteiger partial charge on any atom is 0.151 e. The van der Waals surface area contributed by atoms with Gasteiger partial charge in [-0.1, -0.05) is 6.07 Å². The summed E-state index contributed by atoms with van der Waals surface area (Å²) >= 11 is 0. The number of ether oxygens (including phenoxy) is 1. The summed E-state index contributed by atoms with van der Waals surface area (Å²) in [5.74, 6) is 0.849. The Balaban J connectivity index is 1.58. The number of hydrogen-bond acceptors (Lipinski definition) is 4. The maximum atomic E-state index is 13.2. The molecule has 0 aliphatic carbocycles. The van der Waals surface area contributed by atoms with E-state index < -0.39 is 15.4 Å². The molecule has 6 heteroatoms. The van der Waals surface area contributed by atoms with Crippen LogP contribution in [0.25, 0.3) is 0 Å². The second kappa shape index (κ2) is 5.20. The fourth-order valence-corrected chi connectivity index (χ4v) is 5.96. The van der Waals surface area contributed by atoms with Gasteiger partial charge in [0.2, 0.25) is 0 Å². The Hall–Kier alpha value is -1.14. The number of sulfone groups is 1. The van der Waals surface area contributed by atoms with Gasteiger partial charge in [-0.2, -0.15) is 0 Å². The molecule has 22 heavy (non-hydrogen) atoms. The SMILES string of the molecule is CC(C)(CN1CCC2(C1)CS(=O)(=O)C2)Oc1cccc(F)c1. The van der Waals surface area contributed by atoms with Crippen LogP contribution in [-0.4, -0.2) is 50.1 Å². The Morgan fingerprint density at radius 3 is 2.73 bits per heavy atom. The van der Waals surface area contributed by atoms with Gasteiger partial charge in [0.15, 0.2) is 9.84 Å². The zero-order valence-corrected chi connectivity index (χ0v) is 13.8. The second-order valence-electron chi connectivity index (χ2n) is 7.31. The number of hydrogen-bond donors (Lipinski definition) is 0. The Kier molecular flexibility index (Phi) is 3.72. The lowest BCUT2D eigenvalue weighted by Gasteiger charge is -2.38. The molecule has 1 spiro atoms. The molecule has 0 saturated carbocycles. The van der Waals surface area contributed by atoms with E-state index in [1.165, 1.54) is 12.1 Å². The molecule has 1 aromatic rings. The average molecular weight is 327 g/mol. The van der Waals surface area contributed by atoms with Crippen molar-refractivity contribution < 1.29 is 17.5 Å². The van der Waals surface area contributed by atoms with E-state index in [0.717, 1.165) is 19.5 Å². The maximum absolute atomic E-state index is 13.2. The van der Waals surface area contributed by atoms with Crippen LogP contribution in [0, 0.1) is 11.2 Å². The summed E-state index contributed by atoms with van der Waals surface area (Å²) in [4.78, 5) is 2.26. The minimum atomic E-state index is -2.79. The van der Waals surface area contributed by atoms with E-state index >= 15 is 0 Å². The highest BCUT2D eigenvalue weighted by Crippen LogP contribution is 2.41. The van der Waals surface area contributed by atoms with Crippen LogP contribution in [0.2, 0.25) is 0 Å². The Labute approximate surface area is 131 Å². The van der Waals surface area contributed by atoms with Crippen molar-refractivity contribution in [3.05, 3.63) is 30.1 Å². The Bertz CT molecular complexity index is 660. The standard InChI is InChI=1S/C16H22FNO3S/c1-15(2,21-14-5-3-4-13(17)8-14)9-18-7-6-16(10-18)11-22(19,20)12-16/h3-5,8H,6-7,9-12H2,1-2H3. The quantitative estimate of drug-likeness (QED) is 0.850. The van der Waals surface area contributed by atoms with Crippen LogP contribution in [-0.2, 0) is 9.84 Å². The Morgan fingerprint density at radius 2 is 2.09 bits per heavy atom. The van der Waals surface area contributed by atoms with Gasteiger partial charge in [0, 0.05) is 24.6 Å². The molecule has 2 heterocycles. The van der Waals surface area contributed by atoms with Crippen molar-refractivity contribution in [1.82, 2.24) is 4.90 Å². The minimum absolute atomic E-state index is 0.0340. The molecule has 2 aliphatic rings. The largest absolute Gasteiger partial charge is 0.486 e. The molecule has 0 unspecified atom stereocenters. The van der Waals surface area contributed by atoms with E-state index in [1.54, 1.807) is 12.1 Å². The molecular weight excluding hydrogens is 305 g/mol. The Morgan fingerprint density at radius 1 is 1.36 bits per heavy atom. The predicted octanol–water partition coefficient (Wildman–Crippen LogP) is 2.10. The molecule has 2 saturated heterocycles. The van der Waals surface area contributed by atoms with E-state index in [2.05, 4.69) is 4.90 Å². The number of likely N-dealkylation sites (tertiary alicyclic amines) is 1. The number of rotatable bonds is 4. The van der Waals surface area contributed by atoms with Crippen LogP contribution in [0.4, 0.5) is 4.39 Å². The highest BCUT2D eigenvalue weighted by molar-refractivity contribution is 7.92. The summed E-state index contributed by atoms with van der Waals surface area (Å²) in [6.07, 6.45) is 0.933. The fraction of sp³-hybridized carbons (Fsp3) is 0.625. The van der Waals surface area contributed by atoms with E-state index in [0.29, 0.717) is 23.8 Å². The van der Waals surface area contributed by atoms with Crippen LogP contribution < -0.4 is 4.74 Å². The van der Waals surface area contributed by atoms with Crippen LogP contribution in [0.3, 0.4) is 0 Å². The van der Waals surface area contributed by atoms with Gasteiger partial charge in [-0.25, -0.2) is 12.8 Å². The first-order chi connectivity index (χ1) is 10.2. The van der Waals surface area contributed by atoms with Crippen molar-refractivity contribution >= 4 is 9.84 Å². The van der Waals surface area contributed by atoms with Gasteiger partial charge in [-0.3, -0.25) is 4.90 Å². The van der Waals surface area contributed by atoms with E-state index in [-0.39, 0.29) is 11.2 Å². The molecule has 0 bridgehead atoms. The van der Waals surface area contributed by atoms with Crippen LogP contribution in [0.1, 0.15) is 20.3 Å². The highest BCUT2D eigenvalue weighted by Gasteiger charge is 2.52. The van der Waals surface area contributed by atoms with Crippen molar-refractivity contribution in [2.75, 3.05) is 31.1 Å². The topological polar surface area (TPSA) is 46.6 Å². The van der Waals surface area contributed by atoms with Crippen molar-refractivity contribution in [2.45, 2.75) is 25.9 Å². The first-order valence-electron chi connectivity index (χ1n) is 7.55. The summed E-state index contributed by atoms with van der Waals surface area (Å²) < 4.78 is 42.0. The van der Waals surface area contributed by atoms with E-state index in [4.69, 9.17) is 4.74 Å². The van der Waals surface area contributed by atoms with E-state index in [9.17, 15) is 12.8 Å². The van der Waals surface area contributed by atoms with Gasteiger partial charge < -0.3 is 4.74 Å². The monoisotopic (exact) mass is 327 g/mol. The van der Waals surface area contributed by atoms with Gasteiger partial charge in [-0.05, 0) is 38.9 Å². The van der Waals surface area contributed by atoms with Gasteiger partial charge in [0.25, 0.3) is 0 Å². The lowest BCUT2D eigenvalue weighted by Crippen LogP contribution is -2.51. The first kappa shape index (κ1) is 15.7. The summed E-state index contributed by atoms with van der Waals surface area (Å²) in [5.41, 5.74) is -0.490. The van der Waals surface area contributed by atoms with Gasteiger partial charge in [0.1, 0.15) is 17.2 Å². The number of nitrogens with zero attached hydrogens (tertiary/aromatic N) is 1. The molecule has 2 aliphatic heterocycles. The summed E-state index contributed by atoms with van der Waals surface area (Å²) in [6.45, 7) is 6.35. The smallest absolute Gasteiger partial charge is 0.151 e. The molecular formula is C16H22FNO3S. The third-order valence-corrected chi connectivity index (χ3v) is 6.47. The third kappa shape index (κ3) is 3.43. The van der Waals surface area contributed by atoms with Crippen LogP contribution in [0.5, 0.6) is 5.75 Å². The zero-order valence-electron chi connectivity index (χ0n) is 13.0. The van der Waals surface area contributed by atoms with Crippen LogP contribution in [0.15, 0.2) is 24.3 Å². The van der Waals surface area contributed by atoms with E-state index in [1.807, 2.05) is 13.8 Å². The summed E-state index contributed by atoms with van der Waals surface area (Å²) in [7, 11) is -2.79. The number of benzene rings is 1. The molecule has 0 N–H and O–H groups in total. The molecule has 0 aromatic heterocycles. The molecule has 4 nitrogen and oxygen atoms in total.